The number of hydrogen-bond donors (Lipinski definition) is 7. The van der Waals surface area contributed by atoms with Crippen molar-refractivity contribution in [1.82, 2.24) is 0 Å². The van der Waals surface area contributed by atoms with E-state index in [1.807, 2.05) is 20.8 Å². The molecule has 4 aliphatic carbocycles. The standard InChI is InChI=1S/C35H62O14S.Na/c1-17(2)19(11-14-47-32-30(41)27(38)22(46-6)16-48-32)8-7-18(3)24-28(39)29(40)31-34(24,5)13-10-23-33(4)12-9-20(36)26(37)25(33)21(15-35(23,31)42)49-50(43,44)45;/h17-32,36-42H,7-16H2,1-6H3,(H,43,44,45);/q;+1/p-1/t18-,19-,20+,21+,22+,23-,24-,25+,26+,27+,28-,29-,30-,31-,32+,33-,34-,35+;/m1./s1. The first-order valence-electron chi connectivity index (χ1n) is 18.4. The summed E-state index contributed by atoms with van der Waals surface area (Å²) in [6, 6.07) is 0. The number of methoxy groups -OCH3 is 1. The first-order chi connectivity index (χ1) is 23.2. The van der Waals surface area contributed by atoms with Gasteiger partial charge in [-0.3, -0.25) is 4.18 Å². The van der Waals surface area contributed by atoms with Crippen molar-refractivity contribution in [2.75, 3.05) is 20.3 Å². The molecule has 5 rings (SSSR count). The fourth-order valence-electron chi connectivity index (χ4n) is 11.8. The Morgan fingerprint density at radius 2 is 1.51 bits per heavy atom. The van der Waals surface area contributed by atoms with E-state index in [0.717, 1.165) is 6.42 Å². The zero-order valence-corrected chi connectivity index (χ0v) is 34.0. The first-order valence-corrected chi connectivity index (χ1v) is 19.8. The zero-order valence-electron chi connectivity index (χ0n) is 31.2. The fourth-order valence-corrected chi connectivity index (χ4v) is 12.3. The number of hydrogen-bond acceptors (Lipinski definition) is 14. The minimum absolute atomic E-state index is 0. The van der Waals surface area contributed by atoms with E-state index in [1.165, 1.54) is 7.11 Å². The van der Waals surface area contributed by atoms with Gasteiger partial charge in [0.1, 0.15) is 18.3 Å². The van der Waals surface area contributed by atoms with Crippen LogP contribution in [0.3, 0.4) is 0 Å². The van der Waals surface area contributed by atoms with Crippen LogP contribution in [0.25, 0.3) is 0 Å². The summed E-state index contributed by atoms with van der Waals surface area (Å²) in [4.78, 5) is 0. The molecule has 1 heterocycles. The molecule has 0 radical (unpaired) electrons. The summed E-state index contributed by atoms with van der Waals surface area (Å²) in [5.41, 5.74) is -3.37. The number of aliphatic hydroxyl groups is 7. The molecule has 0 aromatic heterocycles. The van der Waals surface area contributed by atoms with Crippen LogP contribution in [-0.2, 0) is 28.8 Å². The molecule has 4 saturated carbocycles. The molecule has 5 aliphatic rings. The van der Waals surface area contributed by atoms with Gasteiger partial charge in [0, 0.05) is 25.4 Å². The van der Waals surface area contributed by atoms with E-state index in [9.17, 15) is 48.7 Å². The minimum Gasteiger partial charge on any atom is -0.726 e. The van der Waals surface area contributed by atoms with Crippen molar-refractivity contribution in [3.63, 3.8) is 0 Å². The van der Waals surface area contributed by atoms with E-state index in [-0.39, 0.29) is 60.8 Å². The molecule has 0 bridgehead atoms. The largest absolute Gasteiger partial charge is 1.00 e. The quantitative estimate of drug-likeness (QED) is 0.0629. The molecule has 1 saturated heterocycles. The molecule has 18 atom stereocenters. The Morgan fingerprint density at radius 3 is 2.12 bits per heavy atom. The zero-order chi connectivity index (χ0) is 37.1. The summed E-state index contributed by atoms with van der Waals surface area (Å²) in [7, 11) is -3.81. The molecule has 0 aromatic carbocycles. The smallest absolute Gasteiger partial charge is 0.726 e. The van der Waals surface area contributed by atoms with Gasteiger partial charge in [-0.2, -0.15) is 0 Å². The molecule has 51 heavy (non-hydrogen) atoms. The minimum atomic E-state index is -5.25. The predicted octanol–water partition coefficient (Wildman–Crippen LogP) is -2.32. The summed E-state index contributed by atoms with van der Waals surface area (Å²) in [6.07, 6.45) is -6.91. The van der Waals surface area contributed by atoms with Gasteiger partial charge in [-0.1, -0.05) is 41.0 Å². The molecule has 0 aromatic rings. The third-order valence-electron chi connectivity index (χ3n) is 14.2. The van der Waals surface area contributed by atoms with Gasteiger partial charge < -0.3 is 54.5 Å². The van der Waals surface area contributed by atoms with E-state index in [2.05, 4.69) is 13.8 Å². The molecule has 0 spiro atoms. The Kier molecular flexibility index (Phi) is 14.3. The Hall–Kier alpha value is 0.470. The van der Waals surface area contributed by atoms with Gasteiger partial charge in [0.05, 0.1) is 49.3 Å². The Bertz CT molecular complexity index is 1280. The van der Waals surface area contributed by atoms with E-state index in [1.54, 1.807) is 0 Å². The van der Waals surface area contributed by atoms with E-state index in [0.29, 0.717) is 44.6 Å². The van der Waals surface area contributed by atoms with E-state index < -0.39 is 106 Å². The van der Waals surface area contributed by atoms with Gasteiger partial charge in [-0.15, -0.1) is 0 Å². The van der Waals surface area contributed by atoms with Crippen LogP contribution in [0.2, 0.25) is 0 Å². The molecule has 0 amide bonds. The number of aliphatic hydroxyl groups excluding tert-OH is 6. The molecule has 16 heteroatoms. The molecule has 7 N–H and O–H groups in total. The number of ether oxygens (including phenoxy) is 3. The van der Waals surface area contributed by atoms with Crippen LogP contribution in [0.15, 0.2) is 0 Å². The van der Waals surface area contributed by atoms with E-state index in [4.69, 9.17) is 18.4 Å². The average molecular weight is 761 g/mol. The number of rotatable bonds is 12. The maximum absolute atomic E-state index is 12.7. The average Bonchev–Trinajstić information content (AvgIpc) is 3.22. The van der Waals surface area contributed by atoms with Crippen molar-refractivity contribution < 1.29 is 96.7 Å². The first kappa shape index (κ1) is 44.2. The Labute approximate surface area is 324 Å². The van der Waals surface area contributed by atoms with Gasteiger partial charge in [0.15, 0.2) is 6.29 Å². The van der Waals surface area contributed by atoms with Crippen molar-refractivity contribution in [2.45, 2.75) is 147 Å². The van der Waals surface area contributed by atoms with E-state index >= 15 is 0 Å². The maximum Gasteiger partial charge on any atom is 1.00 e. The topological polar surface area (TPSA) is 236 Å². The van der Waals surface area contributed by atoms with Crippen LogP contribution < -0.4 is 29.6 Å². The molecular formula is C35H61NaO14S. The van der Waals surface area contributed by atoms with Crippen molar-refractivity contribution in [2.24, 2.45) is 52.3 Å². The Balaban J connectivity index is 0.00000583. The molecule has 0 unspecified atom stereocenters. The summed E-state index contributed by atoms with van der Waals surface area (Å²) in [5, 5.41) is 78.5. The fraction of sp³-hybridized carbons (Fsp3) is 1.00. The second kappa shape index (κ2) is 16.5. The summed E-state index contributed by atoms with van der Waals surface area (Å²) < 4.78 is 57.3. The molecule has 5 fully saturated rings. The van der Waals surface area contributed by atoms with Gasteiger partial charge in [0.25, 0.3) is 0 Å². The third kappa shape index (κ3) is 8.17. The van der Waals surface area contributed by atoms with Gasteiger partial charge >= 0.3 is 29.6 Å². The van der Waals surface area contributed by atoms with Crippen molar-refractivity contribution in [1.29, 1.82) is 0 Å². The van der Waals surface area contributed by atoms with Crippen LogP contribution >= 0.6 is 0 Å². The maximum atomic E-state index is 12.7. The number of fused-ring (bicyclic) bond motifs is 5. The van der Waals surface area contributed by atoms with Crippen LogP contribution in [0.5, 0.6) is 0 Å². The molecule has 14 nitrogen and oxygen atoms in total. The van der Waals surface area contributed by atoms with Gasteiger partial charge in [0.2, 0.25) is 10.4 Å². The molecule has 292 valence electrons. The van der Waals surface area contributed by atoms with Gasteiger partial charge in [-0.05, 0) is 78.9 Å². The van der Waals surface area contributed by atoms with Crippen LogP contribution in [-0.4, -0.2) is 130 Å². The molecular weight excluding hydrogens is 699 g/mol. The van der Waals surface area contributed by atoms with Crippen LogP contribution in [0, 0.1) is 52.3 Å². The van der Waals surface area contributed by atoms with Crippen LogP contribution in [0.4, 0.5) is 0 Å². The third-order valence-corrected chi connectivity index (χ3v) is 14.7. The normalized spacial score (nSPS) is 48.3. The van der Waals surface area contributed by atoms with Crippen molar-refractivity contribution in [3.05, 3.63) is 0 Å². The summed E-state index contributed by atoms with van der Waals surface area (Å²) in [6.45, 7) is 10.5. The second-order valence-corrected chi connectivity index (χ2v) is 18.1. The molecule has 1 aliphatic heterocycles. The van der Waals surface area contributed by atoms with Gasteiger partial charge in [-0.25, -0.2) is 8.42 Å². The monoisotopic (exact) mass is 760 g/mol. The van der Waals surface area contributed by atoms with Crippen LogP contribution in [0.1, 0.15) is 86.0 Å². The summed E-state index contributed by atoms with van der Waals surface area (Å²) >= 11 is 0. The second-order valence-electron chi connectivity index (χ2n) is 17.1. The SMILES string of the molecule is CO[C@H]1CO[C@H](OCC[C@@H](CC[C@@H](C)[C@@H]2[C@@H](O)[C@@H](O)[C@@H]3[C@]2(C)CC[C@@H]2[C@@]4(C)CC[C@H](O)[C@H](O)[C@@H]4[C@@H](OS(=O)(=O)[O-])C[C@]23O)C(C)C)[C@H](O)[C@H]1O.[Na+]. The predicted molar refractivity (Wildman–Crippen MR) is 177 cm³/mol. The Morgan fingerprint density at radius 1 is 0.863 bits per heavy atom. The summed E-state index contributed by atoms with van der Waals surface area (Å²) in [5.74, 6) is -2.26. The van der Waals surface area contributed by atoms with Crippen molar-refractivity contribution >= 4 is 10.4 Å². The van der Waals surface area contributed by atoms with Crippen molar-refractivity contribution in [3.8, 4) is 0 Å².